The third-order valence-electron chi connectivity index (χ3n) is 8.56. The Bertz CT molecular complexity index is 1260. The lowest BCUT2D eigenvalue weighted by Gasteiger charge is -2.43. The lowest BCUT2D eigenvalue weighted by Crippen LogP contribution is -2.53. The minimum atomic E-state index is 0.123. The first kappa shape index (κ1) is 27.7. The smallest absolute Gasteiger partial charge is 0.158 e. The molecule has 3 fully saturated rings. The largest absolute Gasteiger partial charge is 0.495 e. The van der Waals surface area contributed by atoms with E-state index in [1.54, 1.807) is 13.4 Å². The van der Waals surface area contributed by atoms with Crippen molar-refractivity contribution in [3.05, 3.63) is 66.5 Å². The van der Waals surface area contributed by atoms with Gasteiger partial charge in [0.1, 0.15) is 17.9 Å². The average molecular weight is 560 g/mol. The van der Waals surface area contributed by atoms with Gasteiger partial charge in [0.2, 0.25) is 0 Å². The molecule has 3 aliphatic rings. The molecular formula is C31H41N7O3. The van der Waals surface area contributed by atoms with Crippen LogP contribution in [0.25, 0.3) is 0 Å². The summed E-state index contributed by atoms with van der Waals surface area (Å²) in [6.07, 6.45) is 4.78. The summed E-state index contributed by atoms with van der Waals surface area (Å²) < 4.78 is 5.84. The van der Waals surface area contributed by atoms with Crippen LogP contribution in [-0.4, -0.2) is 97.1 Å². The lowest BCUT2D eigenvalue weighted by atomic mass is 10.0. The molecule has 218 valence electrons. The molecule has 1 atom stereocenters. The van der Waals surface area contributed by atoms with Crippen molar-refractivity contribution in [3.63, 3.8) is 0 Å². The molecule has 0 saturated carbocycles. The number of piperidine rings is 1. The summed E-state index contributed by atoms with van der Waals surface area (Å²) in [5.74, 6) is 2.29. The standard InChI is InChI=1S/C31H41N7O3/c1-40-29-21-25(7-8-28(29)37-12-9-26(10-13-37)36-16-14-35(15-17-36)18-19-39)34-30-22-31(33-23-32-30)38-27(11-20-41-38)24-5-3-2-4-6-24/h2-8,21-23,26-27,39H,9-20H2,1H3,(H,32,33,34)/t27-/m1/s1. The lowest BCUT2D eigenvalue weighted by molar-refractivity contribution is 0.0746. The first-order chi connectivity index (χ1) is 20.2. The summed E-state index contributed by atoms with van der Waals surface area (Å²) in [6, 6.07) is 19.4. The molecular weight excluding hydrogens is 518 g/mol. The Labute approximate surface area is 242 Å². The molecule has 0 spiro atoms. The Balaban J connectivity index is 1.08. The molecule has 0 unspecified atom stereocenters. The van der Waals surface area contributed by atoms with E-state index in [1.165, 1.54) is 5.56 Å². The van der Waals surface area contributed by atoms with Crippen LogP contribution < -0.4 is 20.0 Å². The van der Waals surface area contributed by atoms with Gasteiger partial charge in [-0.2, -0.15) is 0 Å². The van der Waals surface area contributed by atoms with Crippen LogP contribution in [0.5, 0.6) is 5.75 Å². The van der Waals surface area contributed by atoms with E-state index in [-0.39, 0.29) is 12.6 Å². The van der Waals surface area contributed by atoms with Gasteiger partial charge in [-0.05, 0) is 30.5 Å². The van der Waals surface area contributed by atoms with Crippen LogP contribution in [0, 0.1) is 0 Å². The van der Waals surface area contributed by atoms with Gasteiger partial charge in [-0.15, -0.1) is 0 Å². The van der Waals surface area contributed by atoms with Gasteiger partial charge in [0, 0.05) is 76.1 Å². The minimum Gasteiger partial charge on any atom is -0.495 e. The second-order valence-electron chi connectivity index (χ2n) is 11.0. The first-order valence-electron chi connectivity index (χ1n) is 14.8. The molecule has 2 aromatic carbocycles. The van der Waals surface area contributed by atoms with Crippen molar-refractivity contribution in [2.45, 2.75) is 31.3 Å². The molecule has 10 heteroatoms. The molecule has 0 aliphatic carbocycles. The number of aromatic nitrogens is 2. The van der Waals surface area contributed by atoms with Crippen LogP contribution in [-0.2, 0) is 4.84 Å². The number of benzene rings is 2. The highest BCUT2D eigenvalue weighted by Crippen LogP contribution is 2.36. The number of rotatable bonds is 9. The van der Waals surface area contributed by atoms with Gasteiger partial charge in [0.25, 0.3) is 0 Å². The molecule has 3 aliphatic heterocycles. The number of anilines is 4. The number of methoxy groups -OCH3 is 1. The maximum atomic E-state index is 9.21. The fourth-order valence-electron chi connectivity index (χ4n) is 6.34. The molecule has 0 amide bonds. The molecule has 0 radical (unpaired) electrons. The number of hydrogen-bond acceptors (Lipinski definition) is 10. The number of piperazine rings is 1. The molecule has 2 N–H and O–H groups in total. The SMILES string of the molecule is COc1cc(Nc2cc(N3OCC[C@@H]3c3ccccc3)ncn2)ccc1N1CCC(N2CCN(CCO)CC2)CC1. The Morgan fingerprint density at radius 1 is 0.951 bits per heavy atom. The summed E-state index contributed by atoms with van der Waals surface area (Å²) in [6.45, 7) is 8.01. The highest BCUT2D eigenvalue weighted by molar-refractivity contribution is 5.69. The Hall–Kier alpha value is -3.44. The zero-order valence-corrected chi connectivity index (χ0v) is 23.9. The molecule has 1 aromatic heterocycles. The van der Waals surface area contributed by atoms with E-state index in [4.69, 9.17) is 9.57 Å². The van der Waals surface area contributed by atoms with E-state index < -0.39 is 0 Å². The van der Waals surface area contributed by atoms with Crippen LogP contribution in [0.15, 0.2) is 60.9 Å². The molecule has 4 heterocycles. The van der Waals surface area contributed by atoms with Gasteiger partial charge >= 0.3 is 0 Å². The van der Waals surface area contributed by atoms with E-state index >= 15 is 0 Å². The minimum absolute atomic E-state index is 0.123. The molecule has 41 heavy (non-hydrogen) atoms. The van der Waals surface area contributed by atoms with Crippen molar-refractivity contribution < 1.29 is 14.7 Å². The van der Waals surface area contributed by atoms with E-state index in [0.717, 1.165) is 88.0 Å². The summed E-state index contributed by atoms with van der Waals surface area (Å²) in [7, 11) is 1.73. The van der Waals surface area contributed by atoms with Crippen molar-refractivity contribution in [2.75, 3.05) is 81.4 Å². The van der Waals surface area contributed by atoms with Crippen molar-refractivity contribution in [2.24, 2.45) is 0 Å². The normalized spacial score (nSPS) is 20.9. The third-order valence-corrected chi connectivity index (χ3v) is 8.56. The van der Waals surface area contributed by atoms with Gasteiger partial charge < -0.3 is 20.1 Å². The Morgan fingerprint density at radius 3 is 2.51 bits per heavy atom. The number of hydrogen-bond donors (Lipinski definition) is 2. The molecule has 3 saturated heterocycles. The van der Waals surface area contributed by atoms with Crippen molar-refractivity contribution >= 4 is 23.0 Å². The van der Waals surface area contributed by atoms with Crippen molar-refractivity contribution in [1.82, 2.24) is 19.8 Å². The van der Waals surface area contributed by atoms with Crippen molar-refractivity contribution in [3.8, 4) is 5.75 Å². The molecule has 6 rings (SSSR count). The van der Waals surface area contributed by atoms with Crippen LogP contribution in [0.1, 0.15) is 30.9 Å². The first-order valence-corrected chi connectivity index (χ1v) is 14.8. The molecule has 3 aromatic rings. The van der Waals surface area contributed by atoms with Crippen LogP contribution >= 0.6 is 0 Å². The summed E-state index contributed by atoms with van der Waals surface area (Å²) in [4.78, 5) is 22.4. The third kappa shape index (κ3) is 6.41. The van der Waals surface area contributed by atoms with E-state index in [9.17, 15) is 5.11 Å². The monoisotopic (exact) mass is 559 g/mol. The van der Waals surface area contributed by atoms with Gasteiger partial charge in [0.15, 0.2) is 5.82 Å². The van der Waals surface area contributed by atoms with Gasteiger partial charge in [0.05, 0.1) is 32.1 Å². The highest BCUT2D eigenvalue weighted by Gasteiger charge is 2.30. The Morgan fingerprint density at radius 2 is 1.76 bits per heavy atom. The second kappa shape index (κ2) is 13.0. The predicted molar refractivity (Wildman–Crippen MR) is 161 cm³/mol. The zero-order chi connectivity index (χ0) is 28.0. The second-order valence-corrected chi connectivity index (χ2v) is 11.0. The molecule has 0 bridgehead atoms. The zero-order valence-electron chi connectivity index (χ0n) is 23.9. The number of ether oxygens (including phenoxy) is 1. The maximum Gasteiger partial charge on any atom is 0.158 e. The topological polar surface area (TPSA) is 89.5 Å². The molecule has 10 nitrogen and oxygen atoms in total. The number of aliphatic hydroxyl groups is 1. The summed E-state index contributed by atoms with van der Waals surface area (Å²) in [5, 5.41) is 14.5. The average Bonchev–Trinajstić information content (AvgIpc) is 3.53. The number of β-amino-alcohol motifs (C(OH)–C–C–N with tert-alkyl or cyclic N) is 1. The summed E-state index contributed by atoms with van der Waals surface area (Å²) in [5.41, 5.74) is 3.25. The fraction of sp³-hybridized carbons (Fsp3) is 0.484. The van der Waals surface area contributed by atoms with E-state index in [0.29, 0.717) is 18.5 Å². The summed E-state index contributed by atoms with van der Waals surface area (Å²) >= 11 is 0. The van der Waals surface area contributed by atoms with Gasteiger partial charge in [-0.1, -0.05) is 30.3 Å². The van der Waals surface area contributed by atoms with Gasteiger partial charge in [-0.3, -0.25) is 14.6 Å². The van der Waals surface area contributed by atoms with Crippen LogP contribution in [0.2, 0.25) is 0 Å². The van der Waals surface area contributed by atoms with Gasteiger partial charge in [-0.25, -0.2) is 15.0 Å². The Kier molecular flexibility index (Phi) is 8.81. The van der Waals surface area contributed by atoms with Crippen molar-refractivity contribution in [1.29, 1.82) is 0 Å². The van der Waals surface area contributed by atoms with E-state index in [1.807, 2.05) is 23.3 Å². The predicted octanol–water partition coefficient (Wildman–Crippen LogP) is 3.69. The number of aliphatic hydroxyl groups excluding tert-OH is 1. The number of nitrogens with zero attached hydrogens (tertiary/aromatic N) is 6. The van der Waals surface area contributed by atoms with E-state index in [2.05, 4.69) is 66.4 Å². The van der Waals surface area contributed by atoms with Crippen LogP contribution in [0.4, 0.5) is 23.0 Å². The number of nitrogens with one attached hydrogen (secondary N) is 1. The highest BCUT2D eigenvalue weighted by atomic mass is 16.7. The maximum absolute atomic E-state index is 9.21. The van der Waals surface area contributed by atoms with Crippen LogP contribution in [0.3, 0.4) is 0 Å². The quantitative estimate of drug-likeness (QED) is 0.405. The fourth-order valence-corrected chi connectivity index (χ4v) is 6.34. The number of hydroxylamine groups is 1.